The molecule has 1 aliphatic heterocycles. The highest BCUT2D eigenvalue weighted by atomic mass is 32.1. The number of nitro benzene ring substituents is 1. The van der Waals surface area contributed by atoms with Crippen molar-refractivity contribution in [3.8, 4) is 0 Å². The number of para-hydroxylation sites is 1. The van der Waals surface area contributed by atoms with Gasteiger partial charge in [0.25, 0.3) is 17.5 Å². The Morgan fingerprint density at radius 3 is 2.21 bits per heavy atom. The van der Waals surface area contributed by atoms with Crippen molar-refractivity contribution in [2.24, 2.45) is 0 Å². The maximum atomic E-state index is 12.9. The van der Waals surface area contributed by atoms with E-state index < -0.39 is 35.1 Å². The van der Waals surface area contributed by atoms with Crippen LogP contribution in [0, 0.1) is 10.1 Å². The number of nitro groups is 1. The summed E-state index contributed by atoms with van der Waals surface area (Å²) in [6.45, 7) is -0.597. The lowest BCUT2D eigenvalue weighted by atomic mass is 10.1. The molecule has 0 atom stereocenters. The number of esters is 1. The molecule has 9 nitrogen and oxygen atoms in total. The van der Waals surface area contributed by atoms with E-state index in [1.165, 1.54) is 42.5 Å². The van der Waals surface area contributed by atoms with E-state index in [2.05, 4.69) is 12.6 Å². The number of amides is 2. The molecule has 3 aromatic rings. The first-order valence-electron chi connectivity index (χ1n) is 9.53. The van der Waals surface area contributed by atoms with Crippen LogP contribution in [0.4, 0.5) is 11.4 Å². The first-order chi connectivity index (χ1) is 15.8. The van der Waals surface area contributed by atoms with Gasteiger partial charge in [0.1, 0.15) is 0 Å². The molecule has 0 saturated carbocycles. The second kappa shape index (κ2) is 8.67. The van der Waals surface area contributed by atoms with Gasteiger partial charge in [0.15, 0.2) is 12.4 Å². The molecule has 0 saturated heterocycles. The van der Waals surface area contributed by atoms with Crippen molar-refractivity contribution in [1.82, 2.24) is 0 Å². The number of Topliss-reactive ketones (excluding diaryl/α,β-unsaturated/α-hetero) is 1. The maximum Gasteiger partial charge on any atom is 0.338 e. The molecule has 0 spiro atoms. The van der Waals surface area contributed by atoms with Gasteiger partial charge in [0.05, 0.1) is 27.3 Å². The maximum absolute atomic E-state index is 12.9. The Bertz CT molecular complexity index is 1330. The minimum atomic E-state index is -0.860. The van der Waals surface area contributed by atoms with Gasteiger partial charge in [-0.3, -0.25) is 24.5 Å². The van der Waals surface area contributed by atoms with Crippen molar-refractivity contribution in [2.45, 2.75) is 4.90 Å². The van der Waals surface area contributed by atoms with Crippen molar-refractivity contribution >= 4 is 47.6 Å². The number of thiol groups is 1. The van der Waals surface area contributed by atoms with Crippen LogP contribution >= 0.6 is 12.6 Å². The molecule has 0 bridgehead atoms. The average Bonchev–Trinajstić information content (AvgIpc) is 3.07. The molecule has 10 heteroatoms. The number of nitrogens with zero attached hydrogens (tertiary/aromatic N) is 2. The molecule has 33 heavy (non-hydrogen) atoms. The number of fused-ring (bicyclic) bond motifs is 1. The Hall–Kier alpha value is -4.31. The van der Waals surface area contributed by atoms with E-state index in [1.54, 1.807) is 24.3 Å². The van der Waals surface area contributed by atoms with Crippen LogP contribution in [0.1, 0.15) is 41.4 Å². The van der Waals surface area contributed by atoms with E-state index in [0.29, 0.717) is 10.6 Å². The van der Waals surface area contributed by atoms with Crippen LogP contribution in [0.3, 0.4) is 0 Å². The fourth-order valence-electron chi connectivity index (χ4n) is 3.31. The first kappa shape index (κ1) is 21.9. The molecule has 0 fully saturated rings. The molecule has 0 radical (unpaired) electrons. The minimum absolute atomic E-state index is 0.00703. The molecular formula is C23H14N2O7S. The third kappa shape index (κ3) is 4.11. The Labute approximate surface area is 192 Å². The lowest BCUT2D eigenvalue weighted by Gasteiger charge is -2.15. The molecular weight excluding hydrogens is 448 g/mol. The van der Waals surface area contributed by atoms with Crippen LogP contribution in [-0.4, -0.2) is 35.1 Å². The molecule has 0 unspecified atom stereocenters. The predicted octanol–water partition coefficient (Wildman–Crippen LogP) is 3.72. The zero-order valence-electron chi connectivity index (χ0n) is 16.8. The summed E-state index contributed by atoms with van der Waals surface area (Å²) in [5, 5.41) is 10.7. The van der Waals surface area contributed by atoms with Gasteiger partial charge in [-0.1, -0.05) is 12.1 Å². The average molecular weight is 462 g/mol. The standard InChI is InChI=1S/C23H14N2O7S/c26-19(13-5-8-15(9-6-13)25(30)31)12-32-23(29)14-7-10-16-17(11-14)22(28)24(21(16)27)18-3-1-2-4-20(18)33/h1-11,33H,12H2. The third-order valence-electron chi connectivity index (χ3n) is 4.98. The Morgan fingerprint density at radius 1 is 0.909 bits per heavy atom. The summed E-state index contributed by atoms with van der Waals surface area (Å²) in [4.78, 5) is 61.8. The number of ether oxygens (including phenoxy) is 1. The van der Waals surface area contributed by atoms with Crippen LogP contribution in [-0.2, 0) is 4.74 Å². The Kier molecular flexibility index (Phi) is 5.76. The molecule has 1 heterocycles. The number of ketones is 1. The van der Waals surface area contributed by atoms with E-state index in [1.807, 2.05) is 0 Å². The van der Waals surface area contributed by atoms with Gasteiger partial charge in [0.2, 0.25) is 0 Å². The number of benzene rings is 3. The SMILES string of the molecule is O=C(COC(=O)c1ccc2c(c1)C(=O)N(c1ccccc1S)C2=O)c1ccc([N+](=O)[O-])cc1. The van der Waals surface area contributed by atoms with E-state index in [-0.39, 0.29) is 27.9 Å². The normalized spacial score (nSPS) is 12.5. The molecule has 0 N–H and O–H groups in total. The number of carbonyl (C=O) groups excluding carboxylic acids is 4. The van der Waals surface area contributed by atoms with Crippen LogP contribution < -0.4 is 4.90 Å². The molecule has 0 aliphatic carbocycles. The topological polar surface area (TPSA) is 124 Å². The monoisotopic (exact) mass is 462 g/mol. The Morgan fingerprint density at radius 2 is 1.55 bits per heavy atom. The lowest BCUT2D eigenvalue weighted by molar-refractivity contribution is -0.384. The van der Waals surface area contributed by atoms with Gasteiger partial charge < -0.3 is 4.74 Å². The zero-order chi connectivity index (χ0) is 23.7. The van der Waals surface area contributed by atoms with Gasteiger partial charge in [-0.15, -0.1) is 12.6 Å². The highest BCUT2D eigenvalue weighted by molar-refractivity contribution is 7.80. The summed E-state index contributed by atoms with van der Waals surface area (Å²) in [5.74, 6) is -2.55. The summed E-state index contributed by atoms with van der Waals surface area (Å²) in [5.41, 5.74) is 0.458. The van der Waals surface area contributed by atoms with Gasteiger partial charge in [-0.05, 0) is 42.5 Å². The highest BCUT2D eigenvalue weighted by Gasteiger charge is 2.38. The van der Waals surface area contributed by atoms with E-state index in [4.69, 9.17) is 4.74 Å². The summed E-state index contributed by atoms with van der Waals surface area (Å²) in [6, 6.07) is 15.4. The fourth-order valence-corrected chi connectivity index (χ4v) is 3.57. The molecule has 2 amide bonds. The van der Waals surface area contributed by atoms with E-state index in [9.17, 15) is 29.3 Å². The number of hydrogen-bond donors (Lipinski definition) is 1. The summed E-state index contributed by atoms with van der Waals surface area (Å²) >= 11 is 4.29. The van der Waals surface area contributed by atoms with Crippen LogP contribution in [0.5, 0.6) is 0 Å². The second-order valence-corrected chi connectivity index (χ2v) is 7.48. The van der Waals surface area contributed by atoms with Gasteiger partial charge in [-0.2, -0.15) is 0 Å². The summed E-state index contributed by atoms with van der Waals surface area (Å²) in [7, 11) is 0. The van der Waals surface area contributed by atoms with Gasteiger partial charge in [-0.25, -0.2) is 9.69 Å². The van der Waals surface area contributed by atoms with Gasteiger partial charge >= 0.3 is 5.97 Å². The first-order valence-corrected chi connectivity index (χ1v) is 9.98. The van der Waals surface area contributed by atoms with Crippen molar-refractivity contribution in [3.05, 3.63) is 99.1 Å². The Balaban J connectivity index is 1.48. The highest BCUT2D eigenvalue weighted by Crippen LogP contribution is 2.32. The summed E-state index contributed by atoms with van der Waals surface area (Å²) in [6.07, 6.45) is 0. The number of non-ortho nitro benzene ring substituents is 1. The van der Waals surface area contributed by atoms with E-state index >= 15 is 0 Å². The van der Waals surface area contributed by atoms with E-state index in [0.717, 1.165) is 4.90 Å². The van der Waals surface area contributed by atoms with Crippen LogP contribution in [0.25, 0.3) is 0 Å². The number of rotatable bonds is 6. The quantitative estimate of drug-likeness (QED) is 0.148. The fraction of sp³-hybridized carbons (Fsp3) is 0.0435. The van der Waals surface area contributed by atoms with Crippen molar-refractivity contribution in [3.63, 3.8) is 0 Å². The minimum Gasteiger partial charge on any atom is -0.454 e. The molecule has 164 valence electrons. The van der Waals surface area contributed by atoms with Crippen molar-refractivity contribution in [2.75, 3.05) is 11.5 Å². The van der Waals surface area contributed by atoms with Crippen molar-refractivity contribution < 1.29 is 28.8 Å². The number of carbonyl (C=O) groups is 4. The van der Waals surface area contributed by atoms with Crippen molar-refractivity contribution in [1.29, 1.82) is 0 Å². The third-order valence-corrected chi connectivity index (χ3v) is 5.36. The molecule has 1 aliphatic rings. The summed E-state index contributed by atoms with van der Waals surface area (Å²) < 4.78 is 5.03. The molecule has 3 aromatic carbocycles. The van der Waals surface area contributed by atoms with Gasteiger partial charge in [0, 0.05) is 22.6 Å². The zero-order valence-corrected chi connectivity index (χ0v) is 17.7. The molecule has 4 rings (SSSR count). The smallest absolute Gasteiger partial charge is 0.338 e. The lowest BCUT2D eigenvalue weighted by Crippen LogP contribution is -2.29. The molecule has 0 aromatic heterocycles. The van der Waals surface area contributed by atoms with Crippen LogP contribution in [0.15, 0.2) is 71.6 Å². The number of anilines is 1. The largest absolute Gasteiger partial charge is 0.454 e. The second-order valence-electron chi connectivity index (χ2n) is 7.00. The predicted molar refractivity (Wildman–Crippen MR) is 119 cm³/mol. The van der Waals surface area contributed by atoms with Crippen LogP contribution in [0.2, 0.25) is 0 Å². The number of imide groups is 1. The number of hydrogen-bond acceptors (Lipinski definition) is 8.